The summed E-state index contributed by atoms with van der Waals surface area (Å²) in [6.07, 6.45) is 11.5. The first kappa shape index (κ1) is 22.8. The molecule has 0 bridgehead atoms. The Kier molecular flexibility index (Phi) is 6.20. The monoisotopic (exact) mass is 494 g/mol. The molecule has 2 aromatic heterocycles. The number of para-hydroxylation sites is 1. The molecule has 0 radical (unpaired) electrons. The Labute approximate surface area is 217 Å². The first-order valence-electron chi connectivity index (χ1n) is 12.7. The van der Waals surface area contributed by atoms with E-state index in [0.717, 1.165) is 28.4 Å². The minimum absolute atomic E-state index is 0.00168. The van der Waals surface area contributed by atoms with Gasteiger partial charge in [-0.1, -0.05) is 37.1 Å². The Balaban J connectivity index is 1.33. The van der Waals surface area contributed by atoms with Gasteiger partial charge in [0, 0.05) is 30.3 Å². The third-order valence-electron chi connectivity index (χ3n) is 7.36. The summed E-state index contributed by atoms with van der Waals surface area (Å²) in [5.74, 6) is 1.67. The molecule has 2 aliphatic rings. The Hall–Kier alpha value is -3.64. The highest BCUT2D eigenvalue weighted by molar-refractivity contribution is 7.80. The number of hydrogen-bond donors (Lipinski definition) is 1. The van der Waals surface area contributed by atoms with Crippen LogP contribution in [0.15, 0.2) is 91.4 Å². The second-order valence-electron chi connectivity index (χ2n) is 9.69. The molecule has 1 N–H and O–H groups in total. The zero-order chi connectivity index (χ0) is 24.5. The number of ether oxygens (including phenoxy) is 1. The normalized spacial score (nSPS) is 20.0. The summed E-state index contributed by atoms with van der Waals surface area (Å²) in [7, 11) is 0. The number of nitrogens with one attached hydrogen (secondary N) is 1. The van der Waals surface area contributed by atoms with Crippen LogP contribution in [0.2, 0.25) is 0 Å². The molecule has 1 aliphatic heterocycles. The number of aromatic nitrogens is 2. The number of hydrogen-bond acceptors (Lipinski definition) is 3. The highest BCUT2D eigenvalue weighted by Crippen LogP contribution is 2.43. The van der Waals surface area contributed by atoms with Crippen LogP contribution in [0, 0.1) is 6.92 Å². The fraction of sp³-hybridized carbons (Fsp3) is 0.267. The molecule has 4 aromatic rings. The lowest BCUT2D eigenvalue weighted by Gasteiger charge is -2.27. The van der Waals surface area contributed by atoms with Gasteiger partial charge in [-0.05, 0) is 91.6 Å². The predicted molar refractivity (Wildman–Crippen MR) is 148 cm³/mol. The predicted octanol–water partition coefficient (Wildman–Crippen LogP) is 7.28. The lowest BCUT2D eigenvalue weighted by atomic mass is 9.98. The SMILES string of the molecule is Cc1ccccc1Oc1ccc(N2C(=S)N[C@H](c3ccccn3)[C@@H]2c2ccn(C3CCCC3)c2)cc1. The van der Waals surface area contributed by atoms with E-state index in [4.69, 9.17) is 17.0 Å². The quantitative estimate of drug-likeness (QED) is 0.285. The molecule has 2 atom stereocenters. The van der Waals surface area contributed by atoms with E-state index in [1.807, 2.05) is 48.7 Å². The standard InChI is InChI=1S/C30H30N4OS/c1-21-8-2-5-12-27(21)35-25-15-13-24(14-16-25)34-29(22-17-19-33(20-22)23-9-3-4-10-23)28(32-30(34)36)26-11-6-7-18-31-26/h2,5-8,11-20,23,28-29H,3-4,9-10H2,1H3,(H,32,36)/t28-,29+/m1/s1. The molecule has 6 heteroatoms. The van der Waals surface area contributed by atoms with Crippen molar-refractivity contribution in [1.82, 2.24) is 14.9 Å². The average Bonchev–Trinajstić information content (AvgIpc) is 3.66. The zero-order valence-corrected chi connectivity index (χ0v) is 21.2. The molecule has 1 saturated carbocycles. The number of thiocarbonyl (C=S) groups is 1. The van der Waals surface area contributed by atoms with Gasteiger partial charge in [-0.15, -0.1) is 0 Å². The summed E-state index contributed by atoms with van der Waals surface area (Å²) in [5.41, 5.74) is 4.36. The van der Waals surface area contributed by atoms with Crippen LogP contribution < -0.4 is 15.0 Å². The van der Waals surface area contributed by atoms with Gasteiger partial charge < -0.3 is 19.5 Å². The summed E-state index contributed by atoms with van der Waals surface area (Å²) in [5, 5.41) is 4.27. The van der Waals surface area contributed by atoms with Gasteiger partial charge in [0.1, 0.15) is 11.5 Å². The number of anilines is 1. The third kappa shape index (κ3) is 4.37. The molecular formula is C30H30N4OS. The van der Waals surface area contributed by atoms with Gasteiger partial charge in [0.2, 0.25) is 0 Å². The van der Waals surface area contributed by atoms with Crippen molar-refractivity contribution in [2.24, 2.45) is 0 Å². The van der Waals surface area contributed by atoms with Crippen molar-refractivity contribution in [2.75, 3.05) is 4.90 Å². The third-order valence-corrected chi connectivity index (χ3v) is 7.67. The van der Waals surface area contributed by atoms with E-state index in [2.05, 4.69) is 69.4 Å². The maximum absolute atomic E-state index is 6.14. The zero-order valence-electron chi connectivity index (χ0n) is 20.4. The van der Waals surface area contributed by atoms with Gasteiger partial charge in [0.25, 0.3) is 0 Å². The van der Waals surface area contributed by atoms with Crippen LogP contribution in [0.3, 0.4) is 0 Å². The lowest BCUT2D eigenvalue weighted by Crippen LogP contribution is -2.29. The molecule has 5 nitrogen and oxygen atoms in total. The van der Waals surface area contributed by atoms with Crippen LogP contribution in [-0.4, -0.2) is 14.7 Å². The number of pyridine rings is 1. The van der Waals surface area contributed by atoms with Crippen LogP contribution in [0.25, 0.3) is 0 Å². The molecule has 3 heterocycles. The van der Waals surface area contributed by atoms with E-state index in [0.29, 0.717) is 11.2 Å². The van der Waals surface area contributed by atoms with E-state index in [-0.39, 0.29) is 12.1 Å². The minimum atomic E-state index is -0.0407. The summed E-state index contributed by atoms with van der Waals surface area (Å²) < 4.78 is 8.53. The van der Waals surface area contributed by atoms with Crippen LogP contribution in [0.5, 0.6) is 11.5 Å². The van der Waals surface area contributed by atoms with Crippen molar-refractivity contribution in [1.29, 1.82) is 0 Å². The molecule has 1 aliphatic carbocycles. The van der Waals surface area contributed by atoms with Crippen molar-refractivity contribution in [2.45, 2.75) is 50.7 Å². The maximum atomic E-state index is 6.14. The molecule has 2 aromatic carbocycles. The second-order valence-corrected chi connectivity index (χ2v) is 10.1. The Morgan fingerprint density at radius 3 is 2.47 bits per heavy atom. The molecule has 0 unspecified atom stereocenters. The molecule has 6 rings (SSSR count). The summed E-state index contributed by atoms with van der Waals surface area (Å²) >= 11 is 5.89. The molecule has 0 amide bonds. The number of nitrogens with zero attached hydrogens (tertiary/aromatic N) is 3. The fourth-order valence-corrected chi connectivity index (χ4v) is 5.83. The number of rotatable bonds is 6. The largest absolute Gasteiger partial charge is 0.457 e. The maximum Gasteiger partial charge on any atom is 0.174 e. The number of aryl methyl sites for hydroxylation is 1. The summed E-state index contributed by atoms with van der Waals surface area (Å²) in [6.45, 7) is 2.05. The van der Waals surface area contributed by atoms with Gasteiger partial charge in [0.05, 0.1) is 17.8 Å². The van der Waals surface area contributed by atoms with Gasteiger partial charge in [0.15, 0.2) is 5.11 Å². The van der Waals surface area contributed by atoms with Crippen molar-refractivity contribution >= 4 is 23.0 Å². The van der Waals surface area contributed by atoms with Gasteiger partial charge in [-0.3, -0.25) is 4.98 Å². The number of benzene rings is 2. The Morgan fingerprint density at radius 1 is 0.944 bits per heavy atom. The van der Waals surface area contributed by atoms with Crippen molar-refractivity contribution in [3.63, 3.8) is 0 Å². The summed E-state index contributed by atoms with van der Waals surface area (Å²) in [6, 6.07) is 25.1. The highest BCUT2D eigenvalue weighted by Gasteiger charge is 2.41. The van der Waals surface area contributed by atoms with Crippen LogP contribution in [-0.2, 0) is 0 Å². The fourth-order valence-electron chi connectivity index (χ4n) is 5.48. The van der Waals surface area contributed by atoms with Crippen LogP contribution >= 0.6 is 12.2 Å². The van der Waals surface area contributed by atoms with Gasteiger partial charge in [-0.25, -0.2) is 0 Å². The minimum Gasteiger partial charge on any atom is -0.457 e. The molecule has 1 saturated heterocycles. The van der Waals surface area contributed by atoms with Crippen molar-refractivity contribution in [3.05, 3.63) is 108 Å². The van der Waals surface area contributed by atoms with E-state index in [1.165, 1.54) is 31.2 Å². The smallest absolute Gasteiger partial charge is 0.174 e. The summed E-state index contributed by atoms with van der Waals surface area (Å²) in [4.78, 5) is 6.90. The molecule has 2 fully saturated rings. The van der Waals surface area contributed by atoms with Gasteiger partial charge >= 0.3 is 0 Å². The van der Waals surface area contributed by atoms with Crippen molar-refractivity contribution < 1.29 is 4.74 Å². The molecule has 182 valence electrons. The van der Waals surface area contributed by atoms with Gasteiger partial charge in [-0.2, -0.15) is 0 Å². The lowest BCUT2D eigenvalue weighted by molar-refractivity contribution is 0.479. The van der Waals surface area contributed by atoms with Crippen molar-refractivity contribution in [3.8, 4) is 11.5 Å². The highest BCUT2D eigenvalue weighted by atomic mass is 32.1. The topological polar surface area (TPSA) is 42.3 Å². The van der Waals surface area contributed by atoms with E-state index < -0.39 is 0 Å². The molecule has 36 heavy (non-hydrogen) atoms. The average molecular weight is 495 g/mol. The molecular weight excluding hydrogens is 464 g/mol. The first-order chi connectivity index (χ1) is 17.7. The van der Waals surface area contributed by atoms with E-state index in [9.17, 15) is 0 Å². The molecule has 0 spiro atoms. The van der Waals surface area contributed by atoms with Crippen LogP contribution in [0.4, 0.5) is 5.69 Å². The Morgan fingerprint density at radius 2 is 1.72 bits per heavy atom. The van der Waals surface area contributed by atoms with E-state index in [1.54, 1.807) is 0 Å². The van der Waals surface area contributed by atoms with Crippen LogP contribution in [0.1, 0.15) is 60.6 Å². The Bertz CT molecular complexity index is 1340. The van der Waals surface area contributed by atoms with E-state index >= 15 is 0 Å². The second kappa shape index (κ2) is 9.78. The first-order valence-corrected chi connectivity index (χ1v) is 13.1.